The minimum atomic E-state index is -0.858. The largest absolute Gasteiger partial charge is 0.481 e. The summed E-state index contributed by atoms with van der Waals surface area (Å²) in [4.78, 5) is 38.7. The van der Waals surface area contributed by atoms with Crippen LogP contribution < -0.4 is 10.2 Å². The molecule has 1 aromatic rings. The smallest absolute Gasteiger partial charge is 0.308 e. The van der Waals surface area contributed by atoms with E-state index < -0.39 is 11.9 Å². The van der Waals surface area contributed by atoms with Crippen molar-refractivity contribution in [1.82, 2.24) is 5.32 Å². The summed E-state index contributed by atoms with van der Waals surface area (Å²) in [5.74, 6) is -1.50. The van der Waals surface area contributed by atoms with Gasteiger partial charge in [0.1, 0.15) is 6.54 Å². The topological polar surface area (TPSA) is 86.7 Å². The fourth-order valence-electron chi connectivity index (χ4n) is 3.50. The standard InChI is InChI=1S/C18H22N2O4S/c21-16(19-13-7-3-1-2-6-12(13)18(23)24)10-20-14-8-4-5-9-15(14)25-11-17(20)22/h4-5,8-9,12-13H,1-3,6-7,10-11H2,(H,19,21)(H,23,24)/t12-,13+/m1/s1. The van der Waals surface area contributed by atoms with Gasteiger partial charge in [0, 0.05) is 10.9 Å². The van der Waals surface area contributed by atoms with Gasteiger partial charge in [0.2, 0.25) is 11.8 Å². The van der Waals surface area contributed by atoms with Crippen LogP contribution >= 0.6 is 11.8 Å². The van der Waals surface area contributed by atoms with Gasteiger partial charge in [0.05, 0.1) is 17.4 Å². The number of amides is 2. The first-order chi connectivity index (χ1) is 12.1. The molecule has 1 aromatic carbocycles. The van der Waals surface area contributed by atoms with E-state index in [0.717, 1.165) is 29.8 Å². The Morgan fingerprint density at radius 3 is 2.76 bits per heavy atom. The van der Waals surface area contributed by atoms with Crippen molar-refractivity contribution in [3.63, 3.8) is 0 Å². The van der Waals surface area contributed by atoms with Crippen molar-refractivity contribution in [3.05, 3.63) is 24.3 Å². The van der Waals surface area contributed by atoms with Crippen LogP contribution in [0.25, 0.3) is 0 Å². The molecule has 0 unspecified atom stereocenters. The average Bonchev–Trinajstić information content (AvgIpc) is 2.83. The van der Waals surface area contributed by atoms with Crippen molar-refractivity contribution in [2.75, 3.05) is 17.2 Å². The van der Waals surface area contributed by atoms with E-state index in [1.54, 1.807) is 0 Å². The zero-order valence-corrected chi connectivity index (χ0v) is 14.8. The summed E-state index contributed by atoms with van der Waals surface area (Å²) in [6.07, 6.45) is 4.03. The molecule has 0 spiro atoms. The average molecular weight is 362 g/mol. The molecule has 0 aromatic heterocycles. The Labute approximate surface area is 151 Å². The zero-order valence-electron chi connectivity index (χ0n) is 13.9. The summed E-state index contributed by atoms with van der Waals surface area (Å²) in [5.41, 5.74) is 0.745. The summed E-state index contributed by atoms with van der Waals surface area (Å²) in [7, 11) is 0. The number of carbonyl (C=O) groups excluding carboxylic acids is 2. The summed E-state index contributed by atoms with van der Waals surface area (Å²) >= 11 is 1.47. The second kappa shape index (κ2) is 7.91. The number of anilines is 1. The molecule has 0 bridgehead atoms. The third-order valence-corrected chi connectivity index (χ3v) is 5.84. The van der Waals surface area contributed by atoms with Crippen LogP contribution in [0.4, 0.5) is 5.69 Å². The number of hydrogen-bond donors (Lipinski definition) is 2. The number of rotatable bonds is 4. The first-order valence-electron chi connectivity index (χ1n) is 8.60. The van der Waals surface area contributed by atoms with Crippen LogP contribution in [-0.2, 0) is 14.4 Å². The quantitative estimate of drug-likeness (QED) is 0.803. The lowest BCUT2D eigenvalue weighted by Crippen LogP contribution is -2.49. The summed E-state index contributed by atoms with van der Waals surface area (Å²) in [6.45, 7) is -0.0702. The van der Waals surface area contributed by atoms with Gasteiger partial charge >= 0.3 is 5.97 Å². The van der Waals surface area contributed by atoms with E-state index in [4.69, 9.17) is 0 Å². The predicted molar refractivity (Wildman–Crippen MR) is 95.7 cm³/mol. The van der Waals surface area contributed by atoms with Crippen LogP contribution in [0.5, 0.6) is 0 Å². The Kier molecular flexibility index (Phi) is 5.63. The van der Waals surface area contributed by atoms with Crippen LogP contribution in [0.15, 0.2) is 29.2 Å². The van der Waals surface area contributed by atoms with Crippen LogP contribution in [0.3, 0.4) is 0 Å². The molecule has 134 valence electrons. The van der Waals surface area contributed by atoms with Gasteiger partial charge in [0.15, 0.2) is 0 Å². The Morgan fingerprint density at radius 1 is 1.20 bits per heavy atom. The number of nitrogens with one attached hydrogen (secondary N) is 1. The van der Waals surface area contributed by atoms with E-state index >= 15 is 0 Å². The van der Waals surface area contributed by atoms with Crippen LogP contribution in [0.2, 0.25) is 0 Å². The Morgan fingerprint density at radius 2 is 1.96 bits per heavy atom. The van der Waals surface area contributed by atoms with Gasteiger partial charge in [-0.2, -0.15) is 0 Å². The minimum Gasteiger partial charge on any atom is -0.481 e. The predicted octanol–water partition coefficient (Wildman–Crippen LogP) is 2.27. The van der Waals surface area contributed by atoms with Crippen molar-refractivity contribution in [2.24, 2.45) is 5.92 Å². The van der Waals surface area contributed by atoms with Crippen molar-refractivity contribution in [1.29, 1.82) is 0 Å². The molecule has 1 aliphatic carbocycles. The number of carboxylic acid groups (broad SMARTS) is 1. The molecule has 1 saturated carbocycles. The lowest BCUT2D eigenvalue weighted by atomic mass is 9.95. The van der Waals surface area contributed by atoms with Crippen molar-refractivity contribution in [2.45, 2.75) is 43.0 Å². The first kappa shape index (κ1) is 17.8. The summed E-state index contributed by atoms with van der Waals surface area (Å²) < 4.78 is 0. The number of carboxylic acids is 1. The number of fused-ring (bicyclic) bond motifs is 1. The maximum absolute atomic E-state index is 12.5. The van der Waals surface area contributed by atoms with Crippen LogP contribution in [-0.4, -0.2) is 41.2 Å². The van der Waals surface area contributed by atoms with Gasteiger partial charge in [-0.05, 0) is 25.0 Å². The summed E-state index contributed by atoms with van der Waals surface area (Å²) in [6, 6.07) is 7.15. The number of para-hydroxylation sites is 1. The molecule has 2 N–H and O–H groups in total. The third kappa shape index (κ3) is 4.15. The third-order valence-electron chi connectivity index (χ3n) is 4.79. The van der Waals surface area contributed by atoms with E-state index in [9.17, 15) is 19.5 Å². The molecule has 0 saturated heterocycles. The van der Waals surface area contributed by atoms with Crippen molar-refractivity contribution in [3.8, 4) is 0 Å². The highest BCUT2D eigenvalue weighted by Crippen LogP contribution is 2.34. The van der Waals surface area contributed by atoms with Crippen molar-refractivity contribution >= 4 is 35.2 Å². The molecular formula is C18H22N2O4S. The molecule has 3 rings (SSSR count). The molecule has 1 heterocycles. The van der Waals surface area contributed by atoms with Crippen LogP contribution in [0, 0.1) is 5.92 Å². The molecular weight excluding hydrogens is 340 g/mol. The van der Waals surface area contributed by atoms with Gasteiger partial charge in [-0.3, -0.25) is 14.4 Å². The molecule has 0 radical (unpaired) electrons. The molecule has 7 heteroatoms. The molecule has 2 aliphatic rings. The van der Waals surface area contributed by atoms with E-state index in [1.165, 1.54) is 16.7 Å². The van der Waals surface area contributed by atoms with E-state index in [-0.39, 0.29) is 24.4 Å². The second-order valence-corrected chi connectivity index (χ2v) is 7.51. The number of benzene rings is 1. The van der Waals surface area contributed by atoms with Gasteiger partial charge in [-0.1, -0.05) is 31.4 Å². The first-order valence-corrected chi connectivity index (χ1v) is 9.59. The monoisotopic (exact) mass is 362 g/mol. The number of hydrogen-bond acceptors (Lipinski definition) is 4. The van der Waals surface area contributed by atoms with E-state index in [2.05, 4.69) is 5.32 Å². The summed E-state index contributed by atoms with van der Waals surface area (Å²) in [5, 5.41) is 12.3. The lowest BCUT2D eigenvalue weighted by molar-refractivity contribution is -0.143. The molecule has 6 nitrogen and oxygen atoms in total. The SMILES string of the molecule is O=C(CN1C(=O)CSc2ccccc21)N[C@H]1CCCCC[C@H]1C(=O)O. The Hall–Kier alpha value is -2.02. The second-order valence-electron chi connectivity index (χ2n) is 6.49. The fourth-order valence-corrected chi connectivity index (χ4v) is 4.44. The Balaban J connectivity index is 1.69. The lowest BCUT2D eigenvalue weighted by Gasteiger charge is -2.29. The molecule has 1 fully saturated rings. The normalized spacial score (nSPS) is 23.5. The highest BCUT2D eigenvalue weighted by Gasteiger charge is 2.32. The zero-order chi connectivity index (χ0) is 17.8. The van der Waals surface area contributed by atoms with Crippen molar-refractivity contribution < 1.29 is 19.5 Å². The fraction of sp³-hybridized carbons (Fsp3) is 0.500. The number of thioether (sulfide) groups is 1. The van der Waals surface area contributed by atoms with Gasteiger partial charge in [0.25, 0.3) is 0 Å². The molecule has 2 amide bonds. The number of nitrogens with zero attached hydrogens (tertiary/aromatic N) is 1. The maximum atomic E-state index is 12.5. The minimum absolute atomic E-state index is 0.0702. The number of aliphatic carboxylic acids is 1. The number of carbonyl (C=O) groups is 3. The van der Waals surface area contributed by atoms with Crippen LogP contribution in [0.1, 0.15) is 32.1 Å². The van der Waals surface area contributed by atoms with E-state index in [0.29, 0.717) is 18.6 Å². The maximum Gasteiger partial charge on any atom is 0.308 e. The highest BCUT2D eigenvalue weighted by atomic mass is 32.2. The Bertz CT molecular complexity index is 679. The molecule has 2 atom stereocenters. The van der Waals surface area contributed by atoms with Gasteiger partial charge in [-0.15, -0.1) is 11.8 Å². The highest BCUT2D eigenvalue weighted by molar-refractivity contribution is 8.00. The molecule has 1 aliphatic heterocycles. The molecule has 25 heavy (non-hydrogen) atoms. The van der Waals surface area contributed by atoms with Gasteiger partial charge < -0.3 is 15.3 Å². The van der Waals surface area contributed by atoms with E-state index in [1.807, 2.05) is 24.3 Å². The van der Waals surface area contributed by atoms with Gasteiger partial charge in [-0.25, -0.2) is 0 Å².